The van der Waals surface area contributed by atoms with E-state index in [9.17, 15) is 13.2 Å². The third-order valence-electron chi connectivity index (χ3n) is 3.91. The van der Waals surface area contributed by atoms with Gasteiger partial charge in [0.25, 0.3) is 0 Å². The number of carbonyl (C=O) groups excluding carboxylic acids is 1. The molecule has 22 heavy (non-hydrogen) atoms. The normalized spacial score (nSPS) is 22.3. The van der Waals surface area contributed by atoms with Crippen molar-refractivity contribution in [3.05, 3.63) is 24.3 Å². The van der Waals surface area contributed by atoms with E-state index >= 15 is 0 Å². The Morgan fingerprint density at radius 2 is 2.00 bits per heavy atom. The molecule has 0 aliphatic heterocycles. The zero-order valence-corrected chi connectivity index (χ0v) is 13.8. The summed E-state index contributed by atoms with van der Waals surface area (Å²) in [6, 6.07) is 5.90. The number of sulfone groups is 1. The highest BCUT2D eigenvalue weighted by atomic mass is 32.2. The van der Waals surface area contributed by atoms with Crippen LogP contribution in [0.4, 0.5) is 0 Å². The second-order valence-electron chi connectivity index (χ2n) is 5.83. The summed E-state index contributed by atoms with van der Waals surface area (Å²) in [5.41, 5.74) is 0. The minimum absolute atomic E-state index is 0.101. The molecule has 0 spiro atoms. The molecule has 1 saturated carbocycles. The van der Waals surface area contributed by atoms with Gasteiger partial charge in [-0.1, -0.05) is 25.8 Å². The number of hydrogen-bond acceptors (Lipinski definition) is 5. The molecule has 5 nitrogen and oxygen atoms in total. The smallest absolute Gasteiger partial charge is 0.337 e. The maximum atomic E-state index is 11.8. The van der Waals surface area contributed by atoms with Gasteiger partial charge in [0.2, 0.25) is 0 Å². The predicted octanol–water partition coefficient (Wildman–Crippen LogP) is 2.59. The van der Waals surface area contributed by atoms with Crippen molar-refractivity contribution in [1.82, 2.24) is 0 Å². The van der Waals surface area contributed by atoms with Crippen molar-refractivity contribution in [2.45, 2.75) is 43.6 Å². The first-order valence-corrected chi connectivity index (χ1v) is 9.38. The fourth-order valence-electron chi connectivity index (χ4n) is 2.63. The van der Waals surface area contributed by atoms with Crippen LogP contribution in [-0.4, -0.2) is 33.4 Å². The van der Waals surface area contributed by atoms with Crippen molar-refractivity contribution in [3.8, 4) is 5.75 Å². The molecule has 1 fully saturated rings. The average Bonchev–Trinajstić information content (AvgIpc) is 2.46. The molecule has 2 rings (SSSR count). The summed E-state index contributed by atoms with van der Waals surface area (Å²) in [5, 5.41) is 0. The van der Waals surface area contributed by atoms with Crippen molar-refractivity contribution in [2.75, 3.05) is 12.9 Å². The molecule has 1 aliphatic rings. The molecule has 6 heteroatoms. The van der Waals surface area contributed by atoms with E-state index in [4.69, 9.17) is 9.47 Å². The van der Waals surface area contributed by atoms with Gasteiger partial charge in [0.15, 0.2) is 9.84 Å². The Bertz CT molecular complexity index is 623. The molecular weight excluding hydrogens is 304 g/mol. The minimum Gasteiger partial charge on any atom is -0.425 e. The first-order valence-electron chi connectivity index (χ1n) is 7.48. The third-order valence-corrected chi connectivity index (χ3v) is 5.02. The number of ether oxygens (including phenoxy) is 2. The summed E-state index contributed by atoms with van der Waals surface area (Å²) >= 11 is 0. The van der Waals surface area contributed by atoms with Crippen LogP contribution >= 0.6 is 0 Å². The van der Waals surface area contributed by atoms with Crippen molar-refractivity contribution in [1.29, 1.82) is 0 Å². The van der Waals surface area contributed by atoms with Crippen LogP contribution in [-0.2, 0) is 19.4 Å². The van der Waals surface area contributed by atoms with Gasteiger partial charge in [0, 0.05) is 6.26 Å². The van der Waals surface area contributed by atoms with Crippen LogP contribution in [0.3, 0.4) is 0 Å². The quantitative estimate of drug-likeness (QED) is 0.614. The zero-order chi connectivity index (χ0) is 16.2. The van der Waals surface area contributed by atoms with Gasteiger partial charge in [-0.3, -0.25) is 0 Å². The lowest BCUT2D eigenvalue weighted by molar-refractivity contribution is -0.143. The van der Waals surface area contributed by atoms with Crippen LogP contribution in [0.15, 0.2) is 29.2 Å². The molecule has 0 radical (unpaired) electrons. The Balaban J connectivity index is 1.89. The second-order valence-corrected chi connectivity index (χ2v) is 7.85. The summed E-state index contributed by atoms with van der Waals surface area (Å²) in [5.74, 6) is 0.159. The van der Waals surface area contributed by atoms with Gasteiger partial charge in [-0.2, -0.15) is 0 Å². The van der Waals surface area contributed by atoms with Gasteiger partial charge >= 0.3 is 5.97 Å². The molecule has 122 valence electrons. The van der Waals surface area contributed by atoms with Crippen molar-refractivity contribution >= 4 is 15.8 Å². The highest BCUT2D eigenvalue weighted by Gasteiger charge is 2.23. The maximum absolute atomic E-state index is 11.8. The maximum Gasteiger partial charge on any atom is 0.337 e. The Morgan fingerprint density at radius 3 is 2.68 bits per heavy atom. The highest BCUT2D eigenvalue weighted by Crippen LogP contribution is 2.26. The lowest BCUT2D eigenvalue weighted by Gasteiger charge is -2.28. The summed E-state index contributed by atoms with van der Waals surface area (Å²) in [7, 11) is -3.32. The first-order chi connectivity index (χ1) is 10.4. The fourth-order valence-corrected chi connectivity index (χ4v) is 3.29. The minimum atomic E-state index is -3.32. The number of hydrogen-bond donors (Lipinski definition) is 0. The average molecular weight is 326 g/mol. The molecule has 1 aromatic rings. The Kier molecular flexibility index (Phi) is 5.58. The van der Waals surface area contributed by atoms with Crippen LogP contribution in [0, 0.1) is 5.92 Å². The standard InChI is InChI=1S/C16H22O5S/c1-12-6-3-4-9-15(12)20-11-16(17)21-13-7-5-8-14(10-13)22(2,18)19/h5,7-8,10,12,15H,3-4,6,9,11H2,1-2H3/t12-,15+/m0/s1. The SMILES string of the molecule is C[C@H]1CCCC[C@H]1OCC(=O)Oc1cccc(S(C)(=O)=O)c1. The van der Waals surface area contributed by atoms with E-state index in [0.29, 0.717) is 5.92 Å². The first kappa shape index (κ1) is 17.0. The van der Waals surface area contributed by atoms with E-state index in [2.05, 4.69) is 6.92 Å². The molecule has 0 aromatic heterocycles. The van der Waals surface area contributed by atoms with E-state index in [1.54, 1.807) is 12.1 Å². The van der Waals surface area contributed by atoms with E-state index < -0.39 is 15.8 Å². The fraction of sp³-hybridized carbons (Fsp3) is 0.562. The molecule has 1 aromatic carbocycles. The summed E-state index contributed by atoms with van der Waals surface area (Å²) in [4.78, 5) is 12.0. The van der Waals surface area contributed by atoms with E-state index in [-0.39, 0.29) is 23.4 Å². The van der Waals surface area contributed by atoms with Crippen LogP contribution in [0.5, 0.6) is 5.75 Å². The van der Waals surface area contributed by atoms with Crippen LogP contribution in [0.25, 0.3) is 0 Å². The highest BCUT2D eigenvalue weighted by molar-refractivity contribution is 7.90. The van der Waals surface area contributed by atoms with Gasteiger partial charge in [-0.15, -0.1) is 0 Å². The van der Waals surface area contributed by atoms with Gasteiger partial charge < -0.3 is 9.47 Å². The lowest BCUT2D eigenvalue weighted by atomic mass is 9.88. The summed E-state index contributed by atoms with van der Waals surface area (Å²) < 4.78 is 33.7. The summed E-state index contributed by atoms with van der Waals surface area (Å²) in [6.07, 6.45) is 5.64. The zero-order valence-electron chi connectivity index (χ0n) is 12.9. The molecule has 0 N–H and O–H groups in total. The van der Waals surface area contributed by atoms with Gasteiger partial charge in [0.1, 0.15) is 12.4 Å². The predicted molar refractivity (Wildman–Crippen MR) is 82.6 cm³/mol. The molecule has 0 amide bonds. The Hall–Kier alpha value is -1.40. The van der Waals surface area contributed by atoms with Gasteiger partial charge in [-0.05, 0) is 37.0 Å². The van der Waals surface area contributed by atoms with Crippen LogP contribution in [0.1, 0.15) is 32.6 Å². The Labute approximate surface area is 131 Å². The largest absolute Gasteiger partial charge is 0.425 e. The molecular formula is C16H22O5S. The topological polar surface area (TPSA) is 69.7 Å². The molecule has 0 unspecified atom stereocenters. The van der Waals surface area contributed by atoms with E-state index in [0.717, 1.165) is 25.5 Å². The lowest BCUT2D eigenvalue weighted by Crippen LogP contribution is -2.29. The molecule has 2 atom stereocenters. The Morgan fingerprint density at radius 1 is 1.27 bits per heavy atom. The third kappa shape index (κ3) is 4.81. The van der Waals surface area contributed by atoms with Crippen molar-refractivity contribution in [2.24, 2.45) is 5.92 Å². The van der Waals surface area contributed by atoms with E-state index in [1.165, 1.54) is 18.6 Å². The molecule has 0 saturated heterocycles. The van der Waals surface area contributed by atoms with Crippen molar-refractivity contribution < 1.29 is 22.7 Å². The van der Waals surface area contributed by atoms with Crippen molar-refractivity contribution in [3.63, 3.8) is 0 Å². The number of benzene rings is 1. The number of rotatable bonds is 5. The number of esters is 1. The molecule has 0 heterocycles. The van der Waals surface area contributed by atoms with Gasteiger partial charge in [-0.25, -0.2) is 13.2 Å². The van der Waals surface area contributed by atoms with Crippen LogP contribution in [0.2, 0.25) is 0 Å². The monoisotopic (exact) mass is 326 g/mol. The molecule has 0 bridgehead atoms. The van der Waals surface area contributed by atoms with E-state index in [1.807, 2.05) is 0 Å². The molecule has 1 aliphatic carbocycles. The number of carbonyl (C=O) groups is 1. The van der Waals surface area contributed by atoms with Crippen LogP contribution < -0.4 is 4.74 Å². The second kappa shape index (κ2) is 7.24. The summed E-state index contributed by atoms with van der Waals surface area (Å²) in [6.45, 7) is 2.02. The van der Waals surface area contributed by atoms with Gasteiger partial charge in [0.05, 0.1) is 11.0 Å².